The molecule has 1 N–H and O–H groups in total. The maximum Gasteiger partial charge on any atom is 0.273 e. The predicted octanol–water partition coefficient (Wildman–Crippen LogP) is 4.42. The monoisotopic (exact) mass is 340 g/mol. The van der Waals surface area contributed by atoms with Crippen LogP contribution in [-0.4, -0.2) is 11.0 Å². The van der Waals surface area contributed by atoms with Crippen molar-refractivity contribution in [2.24, 2.45) is 5.41 Å². The lowest BCUT2D eigenvalue weighted by Gasteiger charge is -2.34. The zero-order valence-electron chi connectivity index (χ0n) is 12.0. The molecule has 0 spiro atoms. The summed E-state index contributed by atoms with van der Waals surface area (Å²) in [4.78, 5) is 10.7. The molecule has 1 aliphatic carbocycles. The van der Waals surface area contributed by atoms with Crippen molar-refractivity contribution in [3.63, 3.8) is 0 Å². The van der Waals surface area contributed by atoms with Crippen LogP contribution in [0.2, 0.25) is 0 Å². The number of nitro benzene ring substituents is 1. The van der Waals surface area contributed by atoms with Gasteiger partial charge in [-0.3, -0.25) is 10.1 Å². The first-order valence-corrected chi connectivity index (χ1v) is 7.83. The van der Waals surface area contributed by atoms with Crippen molar-refractivity contribution in [1.29, 1.82) is 0 Å². The first-order valence-electron chi connectivity index (χ1n) is 7.04. The lowest BCUT2D eigenvalue weighted by atomic mass is 9.75. The Bertz CT molecular complexity index is 493. The molecule has 0 aliphatic heterocycles. The summed E-state index contributed by atoms with van der Waals surface area (Å²) in [6, 6.07) is 5.58. The molecular weight excluding hydrogens is 320 g/mol. The van der Waals surface area contributed by atoms with E-state index >= 15 is 0 Å². The molecule has 1 fully saturated rings. The molecular formula is C15H21BrN2O2. The zero-order valence-corrected chi connectivity index (χ0v) is 13.6. The zero-order chi connectivity index (χ0) is 14.8. The summed E-state index contributed by atoms with van der Waals surface area (Å²) in [5, 5.41) is 14.5. The molecule has 0 unspecified atom stereocenters. The SMILES string of the molecule is CC1(C)CCC(NCc2cc(Br)ccc2[N+](=O)[O-])CC1. The van der Waals surface area contributed by atoms with Gasteiger partial charge in [-0.25, -0.2) is 0 Å². The van der Waals surface area contributed by atoms with Gasteiger partial charge in [0.05, 0.1) is 4.92 Å². The highest BCUT2D eigenvalue weighted by atomic mass is 79.9. The Morgan fingerprint density at radius 3 is 2.65 bits per heavy atom. The van der Waals surface area contributed by atoms with Gasteiger partial charge in [-0.1, -0.05) is 29.8 Å². The molecule has 0 aromatic heterocycles. The van der Waals surface area contributed by atoms with E-state index in [1.807, 2.05) is 6.07 Å². The maximum absolute atomic E-state index is 11.0. The summed E-state index contributed by atoms with van der Waals surface area (Å²) in [5.41, 5.74) is 1.38. The van der Waals surface area contributed by atoms with E-state index in [0.717, 1.165) is 22.9 Å². The maximum atomic E-state index is 11.0. The summed E-state index contributed by atoms with van der Waals surface area (Å²) in [5.74, 6) is 0. The van der Waals surface area contributed by atoms with E-state index in [-0.39, 0.29) is 10.6 Å². The average Bonchev–Trinajstić information content (AvgIpc) is 2.37. The standard InChI is InChI=1S/C15H21BrN2O2/c1-15(2)7-5-13(6-8-15)17-10-11-9-12(16)3-4-14(11)18(19)20/h3-4,9,13,17H,5-8,10H2,1-2H3. The molecule has 0 radical (unpaired) electrons. The van der Waals surface area contributed by atoms with E-state index < -0.39 is 0 Å². The molecule has 0 bridgehead atoms. The van der Waals surface area contributed by atoms with Crippen molar-refractivity contribution >= 4 is 21.6 Å². The summed E-state index contributed by atoms with van der Waals surface area (Å²) in [7, 11) is 0. The van der Waals surface area contributed by atoms with Crippen LogP contribution in [-0.2, 0) is 6.54 Å². The second kappa shape index (κ2) is 6.22. The van der Waals surface area contributed by atoms with Crippen molar-refractivity contribution < 1.29 is 4.92 Å². The number of nitro groups is 1. The number of hydrogen-bond acceptors (Lipinski definition) is 3. The van der Waals surface area contributed by atoms with Gasteiger partial charge in [0, 0.05) is 28.7 Å². The van der Waals surface area contributed by atoms with Crippen LogP contribution < -0.4 is 5.32 Å². The largest absolute Gasteiger partial charge is 0.310 e. The summed E-state index contributed by atoms with van der Waals surface area (Å²) < 4.78 is 0.879. The van der Waals surface area contributed by atoms with Gasteiger partial charge < -0.3 is 5.32 Å². The van der Waals surface area contributed by atoms with Crippen LogP contribution in [0, 0.1) is 15.5 Å². The first-order chi connectivity index (χ1) is 9.37. The number of halogens is 1. The molecule has 20 heavy (non-hydrogen) atoms. The Labute approximate surface area is 128 Å². The molecule has 1 aliphatic rings. The second-order valence-electron chi connectivity index (χ2n) is 6.35. The highest BCUT2D eigenvalue weighted by molar-refractivity contribution is 9.10. The first kappa shape index (κ1) is 15.4. The third kappa shape index (κ3) is 4.03. The van der Waals surface area contributed by atoms with Crippen LogP contribution >= 0.6 is 15.9 Å². The van der Waals surface area contributed by atoms with E-state index in [0.29, 0.717) is 18.0 Å². The molecule has 1 saturated carbocycles. The Hall–Kier alpha value is -0.940. The molecule has 0 amide bonds. The quantitative estimate of drug-likeness (QED) is 0.652. The van der Waals surface area contributed by atoms with Crippen LogP contribution in [0.25, 0.3) is 0 Å². The van der Waals surface area contributed by atoms with Gasteiger partial charge in [0.1, 0.15) is 0 Å². The molecule has 2 rings (SSSR count). The third-order valence-corrected chi connectivity index (χ3v) is 4.65. The van der Waals surface area contributed by atoms with Gasteiger partial charge in [-0.2, -0.15) is 0 Å². The summed E-state index contributed by atoms with van der Waals surface area (Å²) in [6.07, 6.45) is 4.72. The van der Waals surface area contributed by atoms with Crippen LogP contribution in [0.15, 0.2) is 22.7 Å². The van der Waals surface area contributed by atoms with Crippen LogP contribution in [0.3, 0.4) is 0 Å². The van der Waals surface area contributed by atoms with Crippen molar-refractivity contribution in [2.75, 3.05) is 0 Å². The predicted molar refractivity (Wildman–Crippen MR) is 83.7 cm³/mol. The van der Waals surface area contributed by atoms with Crippen molar-refractivity contribution in [3.8, 4) is 0 Å². The van der Waals surface area contributed by atoms with Gasteiger partial charge in [0.2, 0.25) is 0 Å². The van der Waals surface area contributed by atoms with Gasteiger partial charge in [0.25, 0.3) is 5.69 Å². The second-order valence-corrected chi connectivity index (χ2v) is 7.27. The molecule has 0 saturated heterocycles. The number of nitrogens with zero attached hydrogens (tertiary/aromatic N) is 1. The number of benzene rings is 1. The third-order valence-electron chi connectivity index (χ3n) is 4.16. The van der Waals surface area contributed by atoms with E-state index in [4.69, 9.17) is 0 Å². The Kier molecular flexibility index (Phi) is 4.81. The van der Waals surface area contributed by atoms with Gasteiger partial charge >= 0.3 is 0 Å². The molecule has 4 nitrogen and oxygen atoms in total. The molecule has 0 heterocycles. The Balaban J connectivity index is 1.97. The molecule has 5 heteroatoms. The Morgan fingerprint density at radius 1 is 1.40 bits per heavy atom. The lowest BCUT2D eigenvalue weighted by molar-refractivity contribution is -0.385. The number of nitrogens with one attached hydrogen (secondary N) is 1. The highest BCUT2D eigenvalue weighted by Gasteiger charge is 2.26. The fraction of sp³-hybridized carbons (Fsp3) is 0.600. The van der Waals surface area contributed by atoms with Crippen LogP contribution in [0.4, 0.5) is 5.69 Å². The minimum Gasteiger partial charge on any atom is -0.310 e. The van der Waals surface area contributed by atoms with Gasteiger partial charge in [0.15, 0.2) is 0 Å². The molecule has 1 aromatic rings. The average molecular weight is 341 g/mol. The van der Waals surface area contributed by atoms with Gasteiger partial charge in [-0.05, 0) is 43.2 Å². The minimum absolute atomic E-state index is 0.192. The number of rotatable bonds is 4. The van der Waals surface area contributed by atoms with Crippen molar-refractivity contribution in [2.45, 2.75) is 52.1 Å². The topological polar surface area (TPSA) is 55.2 Å². The van der Waals surface area contributed by atoms with E-state index in [9.17, 15) is 10.1 Å². The molecule has 0 atom stereocenters. The normalized spacial score (nSPS) is 18.9. The highest BCUT2D eigenvalue weighted by Crippen LogP contribution is 2.35. The van der Waals surface area contributed by atoms with Gasteiger partial charge in [-0.15, -0.1) is 0 Å². The van der Waals surface area contributed by atoms with E-state index in [2.05, 4.69) is 35.1 Å². The Morgan fingerprint density at radius 2 is 2.05 bits per heavy atom. The van der Waals surface area contributed by atoms with Crippen LogP contribution in [0.5, 0.6) is 0 Å². The van der Waals surface area contributed by atoms with E-state index in [1.54, 1.807) is 12.1 Å². The van der Waals surface area contributed by atoms with Crippen molar-refractivity contribution in [1.82, 2.24) is 5.32 Å². The molecule has 1 aromatic carbocycles. The summed E-state index contributed by atoms with van der Waals surface area (Å²) in [6.45, 7) is 5.17. The fourth-order valence-electron chi connectivity index (χ4n) is 2.73. The van der Waals surface area contributed by atoms with Crippen LogP contribution in [0.1, 0.15) is 45.1 Å². The van der Waals surface area contributed by atoms with Crippen molar-refractivity contribution in [3.05, 3.63) is 38.3 Å². The summed E-state index contributed by atoms with van der Waals surface area (Å²) >= 11 is 3.38. The minimum atomic E-state index is -0.312. The molecule has 110 valence electrons. The van der Waals surface area contributed by atoms with E-state index in [1.165, 1.54) is 12.8 Å². The smallest absolute Gasteiger partial charge is 0.273 e. The number of hydrogen-bond donors (Lipinski definition) is 1. The fourth-order valence-corrected chi connectivity index (χ4v) is 3.14. The lowest BCUT2D eigenvalue weighted by Crippen LogP contribution is -2.35.